The van der Waals surface area contributed by atoms with E-state index in [4.69, 9.17) is 9.36 Å². The van der Waals surface area contributed by atoms with Gasteiger partial charge >= 0.3 is 7.60 Å². The Kier molecular flexibility index (Phi) is 9.05. The summed E-state index contributed by atoms with van der Waals surface area (Å²) in [6.07, 6.45) is 0.532. The molecule has 0 radical (unpaired) electrons. The second-order valence-electron chi connectivity index (χ2n) is 6.98. The fraction of sp³-hybridized carbons (Fsp3) is 0.409. The molecule has 29 heavy (non-hydrogen) atoms. The molecule has 158 valence electrons. The normalized spacial score (nSPS) is 15.3. The minimum atomic E-state index is -3.95. The molecule has 2 aromatic rings. The first-order valence-electron chi connectivity index (χ1n) is 9.84. The minimum absolute atomic E-state index is 0.177. The molecule has 0 aliphatic rings. The van der Waals surface area contributed by atoms with Gasteiger partial charge in [-0.15, -0.1) is 0 Å². The second-order valence-corrected chi connectivity index (χ2v) is 8.95. The fourth-order valence-corrected chi connectivity index (χ4v) is 4.68. The number of rotatable bonds is 11. The van der Waals surface area contributed by atoms with Crippen molar-refractivity contribution >= 4 is 13.5 Å². The monoisotopic (exact) mass is 419 g/mol. The van der Waals surface area contributed by atoms with Gasteiger partial charge in [-0.25, -0.2) is 5.06 Å². The summed E-state index contributed by atoms with van der Waals surface area (Å²) in [5.41, 5.74) is 0.888. The van der Waals surface area contributed by atoms with Crippen molar-refractivity contribution in [3.05, 3.63) is 71.8 Å². The van der Waals surface area contributed by atoms with E-state index >= 15 is 0 Å². The molecule has 0 saturated carbocycles. The summed E-state index contributed by atoms with van der Waals surface area (Å²) in [7, 11) is -3.95. The van der Waals surface area contributed by atoms with E-state index in [2.05, 4.69) is 0 Å². The average molecular weight is 419 g/mol. The van der Waals surface area contributed by atoms with E-state index in [-0.39, 0.29) is 31.6 Å². The zero-order valence-corrected chi connectivity index (χ0v) is 18.1. The minimum Gasteiger partial charge on any atom is -0.324 e. The molecular formula is C22H30NO5P. The maximum absolute atomic E-state index is 13.0. The van der Waals surface area contributed by atoms with Crippen LogP contribution in [-0.2, 0) is 25.3 Å². The number of hydroxylamine groups is 2. The van der Waals surface area contributed by atoms with E-state index in [1.54, 1.807) is 19.1 Å². The summed E-state index contributed by atoms with van der Waals surface area (Å²) in [4.78, 5) is 28.4. The highest BCUT2D eigenvalue weighted by atomic mass is 31.2. The first-order chi connectivity index (χ1) is 13.8. The summed E-state index contributed by atoms with van der Waals surface area (Å²) in [5.74, 6) is -0.261. The number of nitrogens with zero attached hydrogens (tertiary/aromatic N) is 1. The molecule has 3 unspecified atom stereocenters. The summed E-state index contributed by atoms with van der Waals surface area (Å²) < 4.78 is 18.5. The van der Waals surface area contributed by atoms with Crippen molar-refractivity contribution in [2.75, 3.05) is 6.54 Å². The lowest BCUT2D eigenvalue weighted by molar-refractivity contribution is -0.189. The van der Waals surface area contributed by atoms with Crippen molar-refractivity contribution < 1.29 is 23.6 Å². The Morgan fingerprint density at radius 3 is 2.24 bits per heavy atom. The Labute approximate surface area is 172 Å². The standard InChI is InChI=1S/C22H30NO5P/c1-4-18(2)28-29(25,26)22(21-13-9-6-10-14-21)15-16-23(19(3)24)27-17-20-11-7-5-8-12-20/h5-14,18,22H,4,15-17H2,1-3H3,(H,25,26). The summed E-state index contributed by atoms with van der Waals surface area (Å²) in [6.45, 7) is 5.51. The SMILES string of the molecule is CCC(C)OP(=O)(O)C(CCN(OCc1ccccc1)C(C)=O)c1ccccc1. The highest BCUT2D eigenvalue weighted by Crippen LogP contribution is 2.59. The van der Waals surface area contributed by atoms with Crippen molar-refractivity contribution in [3.8, 4) is 0 Å². The number of hydrogen-bond donors (Lipinski definition) is 1. The lowest BCUT2D eigenvalue weighted by Gasteiger charge is -2.28. The quantitative estimate of drug-likeness (QED) is 0.405. The third-order valence-electron chi connectivity index (χ3n) is 4.67. The first-order valence-corrected chi connectivity index (χ1v) is 11.5. The number of carbonyl (C=O) groups excluding carboxylic acids is 1. The van der Waals surface area contributed by atoms with Crippen molar-refractivity contribution in [1.82, 2.24) is 5.06 Å². The van der Waals surface area contributed by atoms with Crippen LogP contribution in [0.2, 0.25) is 0 Å². The molecule has 1 N–H and O–H groups in total. The van der Waals surface area contributed by atoms with Gasteiger partial charge in [0.2, 0.25) is 5.91 Å². The molecule has 0 bridgehead atoms. The van der Waals surface area contributed by atoms with Gasteiger partial charge in [0.05, 0.1) is 11.8 Å². The van der Waals surface area contributed by atoms with Gasteiger partial charge < -0.3 is 9.42 Å². The van der Waals surface area contributed by atoms with Crippen LogP contribution >= 0.6 is 7.60 Å². The van der Waals surface area contributed by atoms with Crippen molar-refractivity contribution in [2.24, 2.45) is 0 Å². The van der Waals surface area contributed by atoms with Crippen molar-refractivity contribution in [2.45, 2.75) is 52.0 Å². The Morgan fingerprint density at radius 1 is 1.10 bits per heavy atom. The first kappa shape index (κ1) is 23.3. The Balaban J connectivity index is 2.12. The maximum atomic E-state index is 13.0. The smallest absolute Gasteiger partial charge is 0.324 e. The number of carbonyl (C=O) groups is 1. The molecule has 1 amide bonds. The molecular weight excluding hydrogens is 389 g/mol. The molecule has 7 heteroatoms. The van der Waals surface area contributed by atoms with Crippen LogP contribution in [0.5, 0.6) is 0 Å². The van der Waals surface area contributed by atoms with Crippen LogP contribution in [0.15, 0.2) is 60.7 Å². The average Bonchev–Trinajstić information content (AvgIpc) is 2.71. The summed E-state index contributed by atoms with van der Waals surface area (Å²) in [6, 6.07) is 18.6. The Morgan fingerprint density at radius 2 is 1.69 bits per heavy atom. The Hall–Kier alpha value is -1.98. The van der Waals surface area contributed by atoms with Gasteiger partial charge in [0.15, 0.2) is 0 Å². The van der Waals surface area contributed by atoms with E-state index in [9.17, 15) is 14.3 Å². The lowest BCUT2D eigenvalue weighted by Crippen LogP contribution is -2.31. The number of amides is 1. The zero-order chi connectivity index (χ0) is 21.3. The fourth-order valence-electron chi connectivity index (χ4n) is 2.88. The molecule has 0 spiro atoms. The van der Waals surface area contributed by atoms with Crippen molar-refractivity contribution in [1.29, 1.82) is 0 Å². The molecule has 3 atom stereocenters. The van der Waals surface area contributed by atoms with E-state index in [1.807, 2.05) is 55.5 Å². The van der Waals surface area contributed by atoms with Gasteiger partial charge in [-0.05, 0) is 30.9 Å². The summed E-state index contributed by atoms with van der Waals surface area (Å²) >= 11 is 0. The van der Waals surface area contributed by atoms with Crippen LogP contribution in [0.25, 0.3) is 0 Å². The van der Waals surface area contributed by atoms with Crippen LogP contribution in [0.4, 0.5) is 0 Å². The second kappa shape index (κ2) is 11.3. The van der Waals surface area contributed by atoms with Gasteiger partial charge in [-0.1, -0.05) is 67.6 Å². The molecule has 0 aliphatic carbocycles. The van der Waals surface area contributed by atoms with Crippen LogP contribution < -0.4 is 0 Å². The predicted octanol–water partition coefficient (Wildman–Crippen LogP) is 5.10. The Bertz CT molecular complexity index is 799. The molecule has 6 nitrogen and oxygen atoms in total. The topological polar surface area (TPSA) is 76.1 Å². The van der Waals surface area contributed by atoms with E-state index in [0.717, 1.165) is 5.56 Å². The molecule has 0 aromatic heterocycles. The van der Waals surface area contributed by atoms with Gasteiger partial charge in [-0.3, -0.25) is 14.2 Å². The molecule has 0 heterocycles. The highest BCUT2D eigenvalue weighted by Gasteiger charge is 2.35. The van der Waals surface area contributed by atoms with Crippen LogP contribution in [0, 0.1) is 0 Å². The van der Waals surface area contributed by atoms with Gasteiger partial charge in [0, 0.05) is 13.5 Å². The molecule has 0 saturated heterocycles. The van der Waals surface area contributed by atoms with Crippen LogP contribution in [0.3, 0.4) is 0 Å². The summed E-state index contributed by atoms with van der Waals surface area (Å²) in [5, 5.41) is 1.24. The third-order valence-corrected chi connectivity index (χ3v) is 6.68. The number of benzene rings is 2. The van der Waals surface area contributed by atoms with Gasteiger partial charge in [0.1, 0.15) is 6.61 Å². The van der Waals surface area contributed by atoms with Gasteiger partial charge in [-0.2, -0.15) is 0 Å². The molecule has 0 fully saturated rings. The predicted molar refractivity (Wildman–Crippen MR) is 113 cm³/mol. The highest BCUT2D eigenvalue weighted by molar-refractivity contribution is 7.53. The molecule has 2 rings (SSSR count). The van der Waals surface area contributed by atoms with E-state index in [0.29, 0.717) is 12.0 Å². The lowest BCUT2D eigenvalue weighted by atomic mass is 10.1. The number of hydrogen-bond acceptors (Lipinski definition) is 4. The van der Waals surface area contributed by atoms with Gasteiger partial charge in [0.25, 0.3) is 0 Å². The zero-order valence-electron chi connectivity index (χ0n) is 17.2. The van der Waals surface area contributed by atoms with Crippen molar-refractivity contribution in [3.63, 3.8) is 0 Å². The van der Waals surface area contributed by atoms with Crippen LogP contribution in [0.1, 0.15) is 50.4 Å². The third kappa shape index (κ3) is 7.41. The van der Waals surface area contributed by atoms with E-state index in [1.165, 1.54) is 12.0 Å². The maximum Gasteiger partial charge on any atom is 0.335 e. The van der Waals surface area contributed by atoms with Crippen LogP contribution in [-0.4, -0.2) is 28.5 Å². The molecule has 2 aromatic carbocycles. The molecule has 0 aliphatic heterocycles. The van der Waals surface area contributed by atoms with E-state index < -0.39 is 13.3 Å². The largest absolute Gasteiger partial charge is 0.335 e.